The Morgan fingerprint density at radius 1 is 1.30 bits per heavy atom. The van der Waals surface area contributed by atoms with Gasteiger partial charge in [0.1, 0.15) is 5.69 Å². The number of unbranched alkanes of at least 4 members (excludes halogenated alkanes) is 1. The Labute approximate surface area is 138 Å². The molecule has 128 valence electrons. The van der Waals surface area contributed by atoms with Gasteiger partial charge in [0.05, 0.1) is 0 Å². The normalized spacial score (nSPS) is 18.2. The first-order valence-corrected chi connectivity index (χ1v) is 8.77. The van der Waals surface area contributed by atoms with E-state index >= 15 is 0 Å². The maximum absolute atomic E-state index is 13.0. The van der Waals surface area contributed by atoms with Crippen LogP contribution in [0.1, 0.15) is 79.8 Å². The first kappa shape index (κ1) is 17.5. The summed E-state index contributed by atoms with van der Waals surface area (Å²) in [7, 11) is 0. The molecule has 0 spiro atoms. The number of hydrogen-bond donors (Lipinski definition) is 1. The van der Waals surface area contributed by atoms with Crippen molar-refractivity contribution in [3.05, 3.63) is 17.5 Å². The number of rotatable bonds is 7. The van der Waals surface area contributed by atoms with E-state index in [0.29, 0.717) is 18.3 Å². The summed E-state index contributed by atoms with van der Waals surface area (Å²) in [5.74, 6) is -0.600. The van der Waals surface area contributed by atoms with Crippen LogP contribution < -0.4 is 5.73 Å². The van der Waals surface area contributed by atoms with Crippen LogP contribution in [0.25, 0.3) is 0 Å². The van der Waals surface area contributed by atoms with E-state index in [1.807, 2.05) is 4.90 Å². The lowest BCUT2D eigenvalue weighted by atomic mass is 9.98. The maximum Gasteiger partial charge on any atom is 0.272 e. The highest BCUT2D eigenvalue weighted by atomic mass is 16.2. The summed E-state index contributed by atoms with van der Waals surface area (Å²) in [6, 6.07) is 1.85. The number of piperidine rings is 1. The first-order valence-electron chi connectivity index (χ1n) is 8.77. The lowest BCUT2D eigenvalue weighted by Crippen LogP contribution is -2.44. The van der Waals surface area contributed by atoms with Crippen LogP contribution in [-0.4, -0.2) is 39.1 Å². The van der Waals surface area contributed by atoms with E-state index in [1.165, 1.54) is 6.42 Å². The van der Waals surface area contributed by atoms with Gasteiger partial charge in [-0.25, -0.2) is 0 Å². The fourth-order valence-electron chi connectivity index (χ4n) is 3.24. The van der Waals surface area contributed by atoms with E-state index in [1.54, 1.807) is 10.7 Å². The molecule has 1 atom stereocenters. The van der Waals surface area contributed by atoms with Crippen LogP contribution in [0.4, 0.5) is 0 Å². The van der Waals surface area contributed by atoms with Gasteiger partial charge in [0.15, 0.2) is 5.69 Å². The van der Waals surface area contributed by atoms with Gasteiger partial charge in [-0.1, -0.05) is 26.7 Å². The minimum absolute atomic E-state index is 0.0146. The second-order valence-corrected chi connectivity index (χ2v) is 6.29. The molecule has 2 rings (SSSR count). The third-order valence-corrected chi connectivity index (χ3v) is 4.48. The minimum atomic E-state index is -0.585. The maximum atomic E-state index is 13.0. The van der Waals surface area contributed by atoms with Crippen LogP contribution in [0.3, 0.4) is 0 Å². The average molecular weight is 320 g/mol. The number of aryl methyl sites for hydroxylation is 1. The number of likely N-dealkylation sites (tertiary alicyclic amines) is 1. The van der Waals surface area contributed by atoms with E-state index in [-0.39, 0.29) is 11.6 Å². The smallest absolute Gasteiger partial charge is 0.272 e. The molecule has 6 heteroatoms. The molecule has 0 saturated carbocycles. The summed E-state index contributed by atoms with van der Waals surface area (Å²) < 4.78 is 1.66. The van der Waals surface area contributed by atoms with Gasteiger partial charge in [-0.3, -0.25) is 14.3 Å². The third-order valence-electron chi connectivity index (χ3n) is 4.48. The molecule has 2 amide bonds. The lowest BCUT2D eigenvalue weighted by molar-refractivity contribution is 0.0587. The summed E-state index contributed by atoms with van der Waals surface area (Å²) in [6.07, 6.45) is 7.28. The number of primary amides is 1. The summed E-state index contributed by atoms with van der Waals surface area (Å²) >= 11 is 0. The topological polar surface area (TPSA) is 81.2 Å². The molecule has 1 saturated heterocycles. The molecule has 1 aromatic rings. The Morgan fingerprint density at radius 3 is 2.74 bits per heavy atom. The van der Waals surface area contributed by atoms with E-state index in [9.17, 15) is 9.59 Å². The van der Waals surface area contributed by atoms with Crippen molar-refractivity contribution in [2.75, 3.05) is 6.54 Å². The molecule has 0 bridgehead atoms. The number of nitrogens with two attached hydrogens (primary N) is 1. The van der Waals surface area contributed by atoms with Crippen molar-refractivity contribution in [1.82, 2.24) is 14.7 Å². The van der Waals surface area contributed by atoms with Crippen molar-refractivity contribution in [2.45, 2.75) is 71.4 Å². The first-order chi connectivity index (χ1) is 11.1. The van der Waals surface area contributed by atoms with Gasteiger partial charge in [0, 0.05) is 25.2 Å². The molecule has 0 aromatic carbocycles. The molecule has 2 N–H and O–H groups in total. The molecule has 23 heavy (non-hydrogen) atoms. The van der Waals surface area contributed by atoms with Crippen molar-refractivity contribution < 1.29 is 9.59 Å². The SMILES string of the molecule is CCCCn1nc(C(N)=O)cc1C(=O)N1CCCCC1CCC. The van der Waals surface area contributed by atoms with Crippen LogP contribution >= 0.6 is 0 Å². The second-order valence-electron chi connectivity index (χ2n) is 6.29. The van der Waals surface area contributed by atoms with E-state index in [4.69, 9.17) is 5.73 Å². The standard InChI is InChI=1S/C17H28N4O2/c1-3-5-11-21-15(12-14(19-21)16(18)22)17(23)20-10-7-6-9-13(20)8-4-2/h12-13H,3-11H2,1-2H3,(H2,18,22). The zero-order chi connectivity index (χ0) is 16.8. The van der Waals surface area contributed by atoms with Crippen LogP contribution in [0.15, 0.2) is 6.07 Å². The predicted octanol–water partition coefficient (Wildman–Crippen LogP) is 2.58. The highest BCUT2D eigenvalue weighted by Crippen LogP contribution is 2.23. The van der Waals surface area contributed by atoms with Crippen molar-refractivity contribution in [1.29, 1.82) is 0 Å². The van der Waals surface area contributed by atoms with Gasteiger partial charge in [0.25, 0.3) is 11.8 Å². The van der Waals surface area contributed by atoms with Crippen LogP contribution in [0.2, 0.25) is 0 Å². The largest absolute Gasteiger partial charge is 0.364 e. The quantitative estimate of drug-likeness (QED) is 0.838. The molecular formula is C17H28N4O2. The number of carbonyl (C=O) groups is 2. The number of nitrogens with zero attached hydrogens (tertiary/aromatic N) is 3. The van der Waals surface area contributed by atoms with E-state index < -0.39 is 5.91 Å². The molecular weight excluding hydrogens is 292 g/mol. The Morgan fingerprint density at radius 2 is 2.09 bits per heavy atom. The van der Waals surface area contributed by atoms with Crippen LogP contribution in [-0.2, 0) is 6.54 Å². The molecule has 1 aromatic heterocycles. The Hall–Kier alpha value is -1.85. The van der Waals surface area contributed by atoms with Gasteiger partial charge in [-0.15, -0.1) is 0 Å². The van der Waals surface area contributed by atoms with E-state index in [2.05, 4.69) is 18.9 Å². The Balaban J connectivity index is 2.26. The summed E-state index contributed by atoms with van der Waals surface area (Å²) in [5, 5.41) is 4.23. The molecule has 1 aliphatic heterocycles. The molecule has 1 fully saturated rings. The fraction of sp³-hybridized carbons (Fsp3) is 0.706. The summed E-state index contributed by atoms with van der Waals surface area (Å²) in [4.78, 5) is 26.4. The van der Waals surface area contributed by atoms with Gasteiger partial charge in [-0.05, 0) is 32.1 Å². The fourth-order valence-corrected chi connectivity index (χ4v) is 3.24. The molecule has 6 nitrogen and oxygen atoms in total. The third kappa shape index (κ3) is 4.12. The van der Waals surface area contributed by atoms with Crippen LogP contribution in [0, 0.1) is 0 Å². The molecule has 2 heterocycles. The van der Waals surface area contributed by atoms with Gasteiger partial charge < -0.3 is 10.6 Å². The lowest BCUT2D eigenvalue weighted by Gasteiger charge is -2.35. The molecule has 1 unspecified atom stereocenters. The summed E-state index contributed by atoms with van der Waals surface area (Å²) in [5.41, 5.74) is 6.01. The summed E-state index contributed by atoms with van der Waals surface area (Å²) in [6.45, 7) is 5.65. The van der Waals surface area contributed by atoms with E-state index in [0.717, 1.165) is 45.1 Å². The Kier molecular flexibility index (Phi) is 6.19. The molecule has 0 radical (unpaired) electrons. The van der Waals surface area contributed by atoms with Crippen molar-refractivity contribution >= 4 is 11.8 Å². The van der Waals surface area contributed by atoms with Crippen LogP contribution in [0.5, 0.6) is 0 Å². The Bertz CT molecular complexity index is 551. The highest BCUT2D eigenvalue weighted by molar-refractivity contribution is 5.97. The van der Waals surface area contributed by atoms with Gasteiger partial charge in [-0.2, -0.15) is 5.10 Å². The highest BCUT2D eigenvalue weighted by Gasteiger charge is 2.29. The molecule has 1 aliphatic rings. The van der Waals surface area contributed by atoms with Crippen molar-refractivity contribution in [2.24, 2.45) is 5.73 Å². The predicted molar refractivity (Wildman–Crippen MR) is 89.2 cm³/mol. The number of hydrogen-bond acceptors (Lipinski definition) is 3. The monoisotopic (exact) mass is 320 g/mol. The van der Waals surface area contributed by atoms with Crippen molar-refractivity contribution in [3.63, 3.8) is 0 Å². The number of aromatic nitrogens is 2. The van der Waals surface area contributed by atoms with Gasteiger partial charge >= 0.3 is 0 Å². The zero-order valence-electron chi connectivity index (χ0n) is 14.3. The average Bonchev–Trinajstić information content (AvgIpc) is 2.97. The second kappa shape index (κ2) is 8.13. The zero-order valence-corrected chi connectivity index (χ0v) is 14.3. The van der Waals surface area contributed by atoms with Crippen molar-refractivity contribution in [3.8, 4) is 0 Å². The minimum Gasteiger partial charge on any atom is -0.364 e. The number of carbonyl (C=O) groups excluding carboxylic acids is 2. The molecule has 0 aliphatic carbocycles. The number of amides is 2. The van der Waals surface area contributed by atoms with Gasteiger partial charge in [0.2, 0.25) is 0 Å².